The Morgan fingerprint density at radius 3 is 2.24 bits per heavy atom. The molecule has 2 aromatic rings. The lowest BCUT2D eigenvalue weighted by molar-refractivity contribution is -0.167. The van der Waals surface area contributed by atoms with Gasteiger partial charge in [0.05, 0.1) is 0 Å². The number of para-hydroxylation sites is 1. The lowest BCUT2D eigenvalue weighted by Gasteiger charge is -2.13. The zero-order chi connectivity index (χ0) is 18.3. The molecule has 0 saturated heterocycles. The van der Waals surface area contributed by atoms with Crippen molar-refractivity contribution in [2.24, 2.45) is 0 Å². The molecular formula is C18H17F3N2O2. The number of amides is 2. The summed E-state index contributed by atoms with van der Waals surface area (Å²) in [6.45, 7) is 0.0297. The number of carbonyl (C=O) groups excluding carboxylic acids is 2. The highest BCUT2D eigenvalue weighted by Gasteiger charge is 2.38. The maximum absolute atomic E-state index is 12.4. The topological polar surface area (TPSA) is 58.2 Å². The average Bonchev–Trinajstić information content (AvgIpc) is 2.59. The van der Waals surface area contributed by atoms with Crippen LogP contribution in [0.15, 0.2) is 54.6 Å². The molecule has 2 rings (SSSR count). The van der Waals surface area contributed by atoms with Gasteiger partial charge in [-0.15, -0.1) is 0 Å². The fourth-order valence-corrected chi connectivity index (χ4v) is 2.17. The summed E-state index contributed by atoms with van der Waals surface area (Å²) in [5.41, 5.74) is 1.44. The SMILES string of the molecule is O=C(CCc1ccccc1)NCc1ccccc1NC(=O)C(F)(F)F. The first kappa shape index (κ1) is 18.5. The number of aryl methyl sites for hydroxylation is 1. The van der Waals surface area contributed by atoms with Crippen molar-refractivity contribution in [2.75, 3.05) is 5.32 Å². The van der Waals surface area contributed by atoms with Gasteiger partial charge in [-0.3, -0.25) is 9.59 Å². The van der Waals surface area contributed by atoms with Gasteiger partial charge >= 0.3 is 12.1 Å². The van der Waals surface area contributed by atoms with Gasteiger partial charge in [-0.2, -0.15) is 13.2 Å². The third-order valence-electron chi connectivity index (χ3n) is 3.48. The van der Waals surface area contributed by atoms with Crippen molar-refractivity contribution in [3.63, 3.8) is 0 Å². The Labute approximate surface area is 143 Å². The molecule has 0 aromatic heterocycles. The minimum absolute atomic E-state index is 0.0215. The van der Waals surface area contributed by atoms with Gasteiger partial charge in [0.15, 0.2) is 0 Å². The van der Waals surface area contributed by atoms with E-state index >= 15 is 0 Å². The summed E-state index contributed by atoms with van der Waals surface area (Å²) in [6.07, 6.45) is -4.13. The molecule has 0 spiro atoms. The molecule has 2 amide bonds. The van der Waals surface area contributed by atoms with E-state index in [0.29, 0.717) is 12.0 Å². The van der Waals surface area contributed by atoms with Gasteiger partial charge in [-0.05, 0) is 23.6 Å². The van der Waals surface area contributed by atoms with Crippen molar-refractivity contribution in [3.8, 4) is 0 Å². The molecule has 0 bridgehead atoms. The molecule has 0 heterocycles. The first-order valence-corrected chi connectivity index (χ1v) is 7.63. The van der Waals surface area contributed by atoms with Gasteiger partial charge in [0.1, 0.15) is 0 Å². The highest BCUT2D eigenvalue weighted by molar-refractivity contribution is 5.95. The summed E-state index contributed by atoms with van der Waals surface area (Å²) in [7, 11) is 0. The number of anilines is 1. The Morgan fingerprint density at radius 1 is 0.920 bits per heavy atom. The third kappa shape index (κ3) is 5.95. The summed E-state index contributed by atoms with van der Waals surface area (Å²) in [5.74, 6) is -2.27. The minimum Gasteiger partial charge on any atom is -0.352 e. The monoisotopic (exact) mass is 350 g/mol. The number of halogens is 3. The standard InChI is InChI=1S/C18H17F3N2O2/c19-18(20,21)17(25)23-15-9-5-4-8-14(15)12-22-16(24)11-10-13-6-2-1-3-7-13/h1-9H,10-12H2,(H,22,24)(H,23,25). The maximum Gasteiger partial charge on any atom is 0.471 e. The molecule has 25 heavy (non-hydrogen) atoms. The number of alkyl halides is 3. The van der Waals surface area contributed by atoms with Crippen LogP contribution in [0.4, 0.5) is 18.9 Å². The lowest BCUT2D eigenvalue weighted by atomic mass is 10.1. The van der Waals surface area contributed by atoms with Crippen LogP contribution < -0.4 is 10.6 Å². The summed E-state index contributed by atoms with van der Waals surface area (Å²) >= 11 is 0. The van der Waals surface area contributed by atoms with Crippen LogP contribution in [0.1, 0.15) is 17.5 Å². The van der Waals surface area contributed by atoms with Gasteiger partial charge < -0.3 is 10.6 Å². The van der Waals surface area contributed by atoms with Gasteiger partial charge in [0.25, 0.3) is 0 Å². The second kappa shape index (κ2) is 8.32. The number of nitrogens with one attached hydrogen (secondary N) is 2. The fourth-order valence-electron chi connectivity index (χ4n) is 2.17. The number of benzene rings is 2. The summed E-state index contributed by atoms with van der Waals surface area (Å²) < 4.78 is 37.1. The van der Waals surface area contributed by atoms with Crippen LogP contribution in [0.2, 0.25) is 0 Å². The molecule has 0 atom stereocenters. The van der Waals surface area contributed by atoms with E-state index in [-0.39, 0.29) is 24.6 Å². The molecule has 132 valence electrons. The molecule has 2 N–H and O–H groups in total. The van der Waals surface area contributed by atoms with Gasteiger partial charge in [-0.25, -0.2) is 0 Å². The predicted octanol–water partition coefficient (Wildman–Crippen LogP) is 3.44. The minimum atomic E-state index is -4.97. The Kier molecular flexibility index (Phi) is 6.16. The molecular weight excluding hydrogens is 333 g/mol. The molecule has 0 radical (unpaired) electrons. The molecule has 0 saturated carbocycles. The molecule has 7 heteroatoms. The summed E-state index contributed by atoms with van der Waals surface area (Å²) in [5, 5.41) is 4.47. The van der Waals surface area contributed by atoms with Crippen molar-refractivity contribution >= 4 is 17.5 Å². The van der Waals surface area contributed by atoms with Crippen molar-refractivity contribution in [1.82, 2.24) is 5.32 Å². The van der Waals surface area contributed by atoms with Crippen LogP contribution in [0.25, 0.3) is 0 Å². The molecule has 0 unspecified atom stereocenters. The van der Waals surface area contributed by atoms with Crippen LogP contribution in [-0.2, 0) is 22.6 Å². The molecule has 4 nitrogen and oxygen atoms in total. The van der Waals surface area contributed by atoms with E-state index in [1.54, 1.807) is 12.1 Å². The fraction of sp³-hybridized carbons (Fsp3) is 0.222. The van der Waals surface area contributed by atoms with E-state index in [0.717, 1.165) is 5.56 Å². The van der Waals surface area contributed by atoms with E-state index in [1.807, 2.05) is 35.6 Å². The van der Waals surface area contributed by atoms with Gasteiger partial charge in [0, 0.05) is 18.7 Å². The number of carbonyl (C=O) groups is 2. The van der Waals surface area contributed by atoms with E-state index < -0.39 is 12.1 Å². The van der Waals surface area contributed by atoms with Crippen molar-refractivity contribution in [3.05, 3.63) is 65.7 Å². The predicted molar refractivity (Wildman–Crippen MR) is 87.7 cm³/mol. The first-order valence-electron chi connectivity index (χ1n) is 7.63. The second-order valence-electron chi connectivity index (χ2n) is 5.37. The Morgan fingerprint density at radius 2 is 1.56 bits per heavy atom. The quantitative estimate of drug-likeness (QED) is 0.839. The van der Waals surface area contributed by atoms with E-state index in [1.165, 1.54) is 12.1 Å². The van der Waals surface area contributed by atoms with Crippen LogP contribution in [0.3, 0.4) is 0 Å². The average molecular weight is 350 g/mol. The summed E-state index contributed by atoms with van der Waals surface area (Å²) in [4.78, 5) is 23.0. The maximum atomic E-state index is 12.4. The van der Waals surface area contributed by atoms with Gasteiger partial charge in [0.2, 0.25) is 5.91 Å². The Bertz CT molecular complexity index is 731. The lowest BCUT2D eigenvalue weighted by Crippen LogP contribution is -2.31. The van der Waals surface area contributed by atoms with E-state index in [4.69, 9.17) is 0 Å². The molecule has 2 aromatic carbocycles. The second-order valence-corrected chi connectivity index (χ2v) is 5.37. The van der Waals surface area contributed by atoms with Crippen molar-refractivity contribution in [1.29, 1.82) is 0 Å². The van der Waals surface area contributed by atoms with Crippen molar-refractivity contribution < 1.29 is 22.8 Å². The van der Waals surface area contributed by atoms with Crippen molar-refractivity contribution in [2.45, 2.75) is 25.6 Å². The molecule has 0 aliphatic carbocycles. The van der Waals surface area contributed by atoms with Gasteiger partial charge in [-0.1, -0.05) is 48.5 Å². The molecule has 0 aliphatic rings. The zero-order valence-corrected chi connectivity index (χ0v) is 13.3. The van der Waals surface area contributed by atoms with Crippen LogP contribution in [0, 0.1) is 0 Å². The first-order chi connectivity index (χ1) is 11.9. The van der Waals surface area contributed by atoms with Crippen LogP contribution in [0.5, 0.6) is 0 Å². The number of hydrogen-bond donors (Lipinski definition) is 2. The molecule has 0 aliphatic heterocycles. The van der Waals surface area contributed by atoms with E-state index in [2.05, 4.69) is 5.32 Å². The normalized spacial score (nSPS) is 11.0. The highest BCUT2D eigenvalue weighted by atomic mass is 19.4. The highest BCUT2D eigenvalue weighted by Crippen LogP contribution is 2.21. The summed E-state index contributed by atoms with van der Waals surface area (Å²) in [6, 6.07) is 15.5. The Balaban J connectivity index is 1.90. The smallest absolute Gasteiger partial charge is 0.352 e. The zero-order valence-electron chi connectivity index (χ0n) is 13.3. The molecule has 0 fully saturated rings. The van der Waals surface area contributed by atoms with Crippen LogP contribution in [-0.4, -0.2) is 18.0 Å². The third-order valence-corrected chi connectivity index (χ3v) is 3.48. The van der Waals surface area contributed by atoms with Crippen LogP contribution >= 0.6 is 0 Å². The number of hydrogen-bond acceptors (Lipinski definition) is 2. The van der Waals surface area contributed by atoms with E-state index in [9.17, 15) is 22.8 Å². The Hall–Kier alpha value is -2.83. The number of rotatable bonds is 6. The largest absolute Gasteiger partial charge is 0.471 e.